The van der Waals surface area contributed by atoms with Gasteiger partial charge in [0.05, 0.1) is 0 Å². The van der Waals surface area contributed by atoms with Crippen molar-refractivity contribution >= 4 is 5.78 Å². The highest BCUT2D eigenvalue weighted by molar-refractivity contribution is 5.84. The van der Waals surface area contributed by atoms with Gasteiger partial charge < -0.3 is 0 Å². The predicted octanol–water partition coefficient (Wildman–Crippen LogP) is 8.70. The predicted molar refractivity (Wildman–Crippen MR) is 132 cm³/mol. The number of rotatable bonds is 5. The summed E-state index contributed by atoms with van der Waals surface area (Å²) >= 11 is 0. The van der Waals surface area contributed by atoms with Crippen LogP contribution >= 0.6 is 0 Å². The number of ketones is 1. The minimum atomic E-state index is 0.222. The third-order valence-electron chi connectivity index (χ3n) is 12.2. The zero-order valence-corrected chi connectivity index (χ0v) is 22.2. The Balaban J connectivity index is 1.60. The number of Topliss-reactive ketones (excluding diaryl/α,β-unsaturated/α-hetero) is 1. The standard InChI is InChI=1S/C30H52O/c1-20(2)11-9-12-21(3)22-13-18-30(8)26-23(14-17-29(22,30)7)28(6)16-10-15-27(4,5)25(28)19-24(26)31/h20-23,25-26H,9-19H2,1-8H3/t21-,22-,23+,25?,26+,28-,29-,30+/m1/s1. The summed E-state index contributed by atoms with van der Waals surface area (Å²) in [5, 5.41) is 0. The normalized spacial score (nSPS) is 47.6. The van der Waals surface area contributed by atoms with Gasteiger partial charge in [-0.15, -0.1) is 0 Å². The third-order valence-corrected chi connectivity index (χ3v) is 12.2. The lowest BCUT2D eigenvalue weighted by atomic mass is 9.38. The molecule has 0 bridgehead atoms. The van der Waals surface area contributed by atoms with Gasteiger partial charge in [-0.3, -0.25) is 4.79 Å². The van der Waals surface area contributed by atoms with E-state index in [2.05, 4.69) is 55.4 Å². The molecule has 1 nitrogen and oxygen atoms in total. The molecule has 0 radical (unpaired) electrons. The lowest BCUT2D eigenvalue weighted by Crippen LogP contribution is -2.62. The molecule has 0 spiro atoms. The third kappa shape index (κ3) is 3.49. The minimum Gasteiger partial charge on any atom is -0.299 e. The van der Waals surface area contributed by atoms with Gasteiger partial charge in [0, 0.05) is 12.3 Å². The van der Waals surface area contributed by atoms with Gasteiger partial charge in [0.1, 0.15) is 5.78 Å². The number of carbonyl (C=O) groups excluding carboxylic acids is 1. The highest BCUT2D eigenvalue weighted by Gasteiger charge is 2.69. The molecule has 0 saturated heterocycles. The second-order valence-electron chi connectivity index (χ2n) is 14.5. The van der Waals surface area contributed by atoms with E-state index in [0.717, 1.165) is 24.2 Å². The van der Waals surface area contributed by atoms with Crippen LogP contribution < -0.4 is 0 Å². The number of hydrogen-bond donors (Lipinski definition) is 0. The molecule has 1 heteroatoms. The van der Waals surface area contributed by atoms with Crippen molar-refractivity contribution in [2.24, 2.45) is 57.2 Å². The zero-order chi connectivity index (χ0) is 22.8. The lowest BCUT2D eigenvalue weighted by molar-refractivity contribution is -0.186. The van der Waals surface area contributed by atoms with Gasteiger partial charge in [-0.1, -0.05) is 81.1 Å². The molecule has 0 aromatic heterocycles. The summed E-state index contributed by atoms with van der Waals surface area (Å²) in [7, 11) is 0. The molecule has 4 aliphatic carbocycles. The Kier molecular flexibility index (Phi) is 6.05. The Labute approximate surface area is 193 Å². The molecule has 0 aliphatic heterocycles. The van der Waals surface area contributed by atoms with E-state index in [1.54, 1.807) is 0 Å². The van der Waals surface area contributed by atoms with E-state index in [1.807, 2.05) is 0 Å². The maximum Gasteiger partial charge on any atom is 0.137 e. The van der Waals surface area contributed by atoms with E-state index in [4.69, 9.17) is 0 Å². The largest absolute Gasteiger partial charge is 0.299 e. The van der Waals surface area contributed by atoms with Crippen LogP contribution in [0.15, 0.2) is 0 Å². The molecular formula is C30H52O. The fraction of sp³-hybridized carbons (Fsp3) is 0.967. The van der Waals surface area contributed by atoms with Crippen molar-refractivity contribution in [2.75, 3.05) is 0 Å². The van der Waals surface area contributed by atoms with Crippen LogP contribution in [0.5, 0.6) is 0 Å². The van der Waals surface area contributed by atoms with Gasteiger partial charge in [0.2, 0.25) is 0 Å². The summed E-state index contributed by atoms with van der Waals surface area (Å²) < 4.78 is 0. The molecule has 1 unspecified atom stereocenters. The van der Waals surface area contributed by atoms with Crippen LogP contribution in [0, 0.1) is 57.2 Å². The fourth-order valence-corrected chi connectivity index (χ4v) is 10.2. The van der Waals surface area contributed by atoms with Gasteiger partial charge in [0.25, 0.3) is 0 Å². The van der Waals surface area contributed by atoms with Gasteiger partial charge >= 0.3 is 0 Å². The maximum absolute atomic E-state index is 13.9. The second kappa shape index (κ2) is 7.87. The molecule has 4 aliphatic rings. The van der Waals surface area contributed by atoms with Crippen molar-refractivity contribution in [1.82, 2.24) is 0 Å². The van der Waals surface area contributed by atoms with Crippen molar-refractivity contribution in [3.05, 3.63) is 0 Å². The van der Waals surface area contributed by atoms with Crippen LogP contribution in [0.3, 0.4) is 0 Å². The quantitative estimate of drug-likeness (QED) is 0.428. The molecule has 31 heavy (non-hydrogen) atoms. The first-order valence-corrected chi connectivity index (χ1v) is 13.9. The number of carbonyl (C=O) groups is 1. The van der Waals surface area contributed by atoms with Gasteiger partial charge in [-0.25, -0.2) is 0 Å². The van der Waals surface area contributed by atoms with Gasteiger partial charge in [0.15, 0.2) is 0 Å². The van der Waals surface area contributed by atoms with Crippen LogP contribution in [0.25, 0.3) is 0 Å². The van der Waals surface area contributed by atoms with E-state index in [0.29, 0.717) is 39.8 Å². The van der Waals surface area contributed by atoms with Gasteiger partial charge in [-0.05, 0) is 89.8 Å². The average molecular weight is 429 g/mol. The van der Waals surface area contributed by atoms with Gasteiger partial charge in [-0.2, -0.15) is 0 Å². The molecule has 0 aromatic rings. The van der Waals surface area contributed by atoms with Crippen molar-refractivity contribution < 1.29 is 4.79 Å². The van der Waals surface area contributed by atoms with Crippen LogP contribution in [0.4, 0.5) is 0 Å². The molecule has 0 aromatic carbocycles. The van der Waals surface area contributed by atoms with Crippen molar-refractivity contribution in [1.29, 1.82) is 0 Å². The smallest absolute Gasteiger partial charge is 0.137 e. The van der Waals surface area contributed by atoms with Crippen LogP contribution in [-0.4, -0.2) is 5.78 Å². The SMILES string of the molecule is CC(C)CCC[C@@H](C)[C@H]1CC[C@@]2(C)[C@@H]3C(=O)CC4C(C)(C)CCC[C@]4(C)[C@H]3CC[C@]12C. The molecule has 8 atom stereocenters. The zero-order valence-electron chi connectivity index (χ0n) is 22.2. The molecule has 4 saturated carbocycles. The first-order chi connectivity index (χ1) is 14.4. The molecule has 0 amide bonds. The Morgan fingerprint density at radius 3 is 2.23 bits per heavy atom. The Hall–Kier alpha value is -0.330. The molecule has 0 heterocycles. The maximum atomic E-state index is 13.9. The first kappa shape index (κ1) is 23.8. The highest BCUT2D eigenvalue weighted by atomic mass is 16.1. The van der Waals surface area contributed by atoms with E-state index in [9.17, 15) is 4.79 Å². The van der Waals surface area contributed by atoms with E-state index in [1.165, 1.54) is 64.2 Å². The molecule has 178 valence electrons. The minimum absolute atomic E-state index is 0.222. The Morgan fingerprint density at radius 2 is 1.55 bits per heavy atom. The topological polar surface area (TPSA) is 17.1 Å². The Bertz CT molecular complexity index is 691. The summed E-state index contributed by atoms with van der Waals surface area (Å²) in [5.74, 6) is 4.65. The van der Waals surface area contributed by atoms with Crippen LogP contribution in [-0.2, 0) is 4.79 Å². The monoisotopic (exact) mass is 428 g/mol. The molecule has 0 N–H and O–H groups in total. The molecular weight excluding hydrogens is 376 g/mol. The molecule has 4 rings (SSSR count). The lowest BCUT2D eigenvalue weighted by Gasteiger charge is -2.66. The fourth-order valence-electron chi connectivity index (χ4n) is 10.2. The second-order valence-corrected chi connectivity index (χ2v) is 14.5. The summed E-state index contributed by atoms with van der Waals surface area (Å²) in [6, 6.07) is 0. The Morgan fingerprint density at radius 1 is 0.871 bits per heavy atom. The number of hydrogen-bond acceptors (Lipinski definition) is 1. The van der Waals surface area contributed by atoms with E-state index >= 15 is 0 Å². The average Bonchev–Trinajstić information content (AvgIpc) is 2.94. The summed E-state index contributed by atoms with van der Waals surface area (Å²) in [5.41, 5.74) is 1.29. The van der Waals surface area contributed by atoms with Crippen LogP contribution in [0.2, 0.25) is 0 Å². The van der Waals surface area contributed by atoms with Crippen molar-refractivity contribution in [3.63, 3.8) is 0 Å². The van der Waals surface area contributed by atoms with Crippen LogP contribution in [0.1, 0.15) is 126 Å². The number of fused-ring (bicyclic) bond motifs is 5. The highest BCUT2D eigenvalue weighted by Crippen LogP contribution is 2.74. The summed E-state index contributed by atoms with van der Waals surface area (Å²) in [6.07, 6.45) is 14.3. The summed E-state index contributed by atoms with van der Waals surface area (Å²) in [4.78, 5) is 13.9. The van der Waals surface area contributed by atoms with E-state index < -0.39 is 0 Å². The van der Waals surface area contributed by atoms with Crippen molar-refractivity contribution in [3.8, 4) is 0 Å². The van der Waals surface area contributed by atoms with E-state index in [-0.39, 0.29) is 5.41 Å². The molecule has 4 fully saturated rings. The first-order valence-electron chi connectivity index (χ1n) is 13.9. The van der Waals surface area contributed by atoms with Crippen molar-refractivity contribution in [2.45, 2.75) is 126 Å². The summed E-state index contributed by atoms with van der Waals surface area (Å²) in [6.45, 7) is 20.0.